The van der Waals surface area contributed by atoms with E-state index in [-0.39, 0.29) is 0 Å². The minimum Gasteiger partial charge on any atom is -0.298 e. The number of hydrogen-bond acceptors (Lipinski definition) is 2. The number of nitriles is 1. The number of rotatable bonds is 3. The Morgan fingerprint density at radius 2 is 2.00 bits per heavy atom. The molecule has 0 aliphatic carbocycles. The first-order valence-electron chi connectivity index (χ1n) is 5.19. The highest BCUT2D eigenvalue weighted by atomic mass is 16.1. The molecule has 16 heavy (non-hydrogen) atoms. The van der Waals surface area contributed by atoms with Crippen molar-refractivity contribution in [3.63, 3.8) is 0 Å². The summed E-state index contributed by atoms with van der Waals surface area (Å²) < 4.78 is 0. The summed E-state index contributed by atoms with van der Waals surface area (Å²) in [6.45, 7) is 0. The fourth-order valence-corrected chi connectivity index (χ4v) is 1.92. The lowest BCUT2D eigenvalue weighted by Gasteiger charge is -2.07. The largest absolute Gasteiger partial charge is 0.298 e. The summed E-state index contributed by atoms with van der Waals surface area (Å²) >= 11 is 0. The maximum absolute atomic E-state index is 11.0. The van der Waals surface area contributed by atoms with E-state index < -0.39 is 0 Å². The first-order valence-corrected chi connectivity index (χ1v) is 5.19. The van der Waals surface area contributed by atoms with Crippen LogP contribution in [0.15, 0.2) is 36.4 Å². The van der Waals surface area contributed by atoms with Crippen LogP contribution in [0, 0.1) is 11.3 Å². The van der Waals surface area contributed by atoms with Crippen LogP contribution in [0.2, 0.25) is 0 Å². The van der Waals surface area contributed by atoms with Crippen LogP contribution in [-0.4, -0.2) is 6.29 Å². The molecule has 2 heteroatoms. The van der Waals surface area contributed by atoms with Crippen molar-refractivity contribution in [2.45, 2.75) is 12.8 Å². The molecule has 2 rings (SSSR count). The van der Waals surface area contributed by atoms with E-state index in [1.54, 1.807) is 0 Å². The van der Waals surface area contributed by atoms with Gasteiger partial charge in [-0.15, -0.1) is 0 Å². The molecule has 2 aromatic rings. The normalized spacial score (nSPS) is 9.94. The van der Waals surface area contributed by atoms with Crippen molar-refractivity contribution in [3.8, 4) is 6.07 Å². The van der Waals surface area contributed by atoms with Gasteiger partial charge in [0, 0.05) is 12.0 Å². The van der Waals surface area contributed by atoms with Crippen molar-refractivity contribution < 1.29 is 4.79 Å². The fraction of sp³-hybridized carbons (Fsp3) is 0.143. The lowest BCUT2D eigenvalue weighted by molar-refractivity contribution is 0.112. The quantitative estimate of drug-likeness (QED) is 0.729. The van der Waals surface area contributed by atoms with Crippen molar-refractivity contribution in [1.82, 2.24) is 0 Å². The SMILES string of the molecule is N#CCCc1c(C=O)ccc2ccccc12. The second-order valence-corrected chi connectivity index (χ2v) is 3.63. The van der Waals surface area contributed by atoms with Crippen LogP contribution in [0.4, 0.5) is 0 Å². The fourth-order valence-electron chi connectivity index (χ4n) is 1.92. The van der Waals surface area contributed by atoms with Crippen LogP contribution in [0.25, 0.3) is 10.8 Å². The number of hydrogen-bond donors (Lipinski definition) is 0. The molecule has 0 spiro atoms. The first kappa shape index (κ1) is 10.4. The molecule has 0 unspecified atom stereocenters. The van der Waals surface area contributed by atoms with Crippen molar-refractivity contribution in [2.24, 2.45) is 0 Å². The molecular formula is C14H11NO. The van der Waals surface area contributed by atoms with Crippen molar-refractivity contribution in [2.75, 3.05) is 0 Å². The van der Waals surface area contributed by atoms with E-state index in [0.29, 0.717) is 18.4 Å². The Bertz CT molecular complexity index is 566. The van der Waals surface area contributed by atoms with Crippen LogP contribution in [0.1, 0.15) is 22.3 Å². The molecule has 0 bridgehead atoms. The molecule has 78 valence electrons. The third kappa shape index (κ3) is 1.80. The standard InChI is InChI=1S/C14H11NO/c15-9-3-6-14-12(10-16)8-7-11-4-1-2-5-13(11)14/h1-2,4-5,7-8,10H,3,6H2. The van der Waals surface area contributed by atoms with Gasteiger partial charge < -0.3 is 0 Å². The summed E-state index contributed by atoms with van der Waals surface area (Å²) in [6, 6.07) is 13.8. The number of aldehydes is 1. The van der Waals surface area contributed by atoms with Crippen molar-refractivity contribution in [1.29, 1.82) is 5.26 Å². The monoisotopic (exact) mass is 209 g/mol. The summed E-state index contributed by atoms with van der Waals surface area (Å²) in [5.41, 5.74) is 1.67. The maximum Gasteiger partial charge on any atom is 0.150 e. The van der Waals surface area contributed by atoms with E-state index in [1.807, 2.05) is 36.4 Å². The Kier molecular flexibility index (Phi) is 2.98. The number of fused-ring (bicyclic) bond motifs is 1. The van der Waals surface area contributed by atoms with Gasteiger partial charge in [0.25, 0.3) is 0 Å². The topological polar surface area (TPSA) is 40.9 Å². The number of carbonyl (C=O) groups excluding carboxylic acids is 1. The summed E-state index contributed by atoms with van der Waals surface area (Å²) in [7, 11) is 0. The molecule has 0 aromatic heterocycles. The molecule has 0 saturated carbocycles. The summed E-state index contributed by atoms with van der Waals surface area (Å²) in [5.74, 6) is 0. The zero-order chi connectivity index (χ0) is 11.4. The van der Waals surface area contributed by atoms with Gasteiger partial charge >= 0.3 is 0 Å². The van der Waals surface area contributed by atoms with E-state index in [4.69, 9.17) is 5.26 Å². The first-order chi connectivity index (χ1) is 7.86. The molecular weight excluding hydrogens is 198 g/mol. The molecule has 0 aliphatic rings. The molecule has 0 N–H and O–H groups in total. The average molecular weight is 209 g/mol. The van der Waals surface area contributed by atoms with Crippen molar-refractivity contribution >= 4 is 17.1 Å². The van der Waals surface area contributed by atoms with E-state index in [9.17, 15) is 4.79 Å². The highest BCUT2D eigenvalue weighted by molar-refractivity contribution is 5.93. The third-order valence-corrected chi connectivity index (χ3v) is 2.69. The van der Waals surface area contributed by atoms with E-state index in [2.05, 4.69) is 6.07 Å². The van der Waals surface area contributed by atoms with Gasteiger partial charge in [0.2, 0.25) is 0 Å². The van der Waals surface area contributed by atoms with Gasteiger partial charge in [-0.3, -0.25) is 4.79 Å². The number of benzene rings is 2. The van der Waals surface area contributed by atoms with Crippen LogP contribution in [0.5, 0.6) is 0 Å². The minimum absolute atomic E-state index is 0.439. The Labute approximate surface area is 94.1 Å². The van der Waals surface area contributed by atoms with Crippen molar-refractivity contribution in [3.05, 3.63) is 47.5 Å². The lowest BCUT2D eigenvalue weighted by Crippen LogP contribution is -1.94. The van der Waals surface area contributed by atoms with E-state index in [0.717, 1.165) is 22.6 Å². The van der Waals surface area contributed by atoms with Crippen LogP contribution >= 0.6 is 0 Å². The zero-order valence-corrected chi connectivity index (χ0v) is 8.81. The molecule has 0 heterocycles. The van der Waals surface area contributed by atoms with Gasteiger partial charge in [0.15, 0.2) is 0 Å². The second kappa shape index (κ2) is 4.59. The number of nitrogens with zero attached hydrogens (tertiary/aromatic N) is 1. The third-order valence-electron chi connectivity index (χ3n) is 2.69. The molecule has 0 saturated heterocycles. The highest BCUT2D eigenvalue weighted by Gasteiger charge is 2.06. The lowest BCUT2D eigenvalue weighted by atomic mass is 9.96. The Hall–Kier alpha value is -2.14. The van der Waals surface area contributed by atoms with Gasteiger partial charge in [-0.05, 0) is 22.8 Å². The minimum atomic E-state index is 0.439. The molecule has 0 atom stereocenters. The van der Waals surface area contributed by atoms with Crippen LogP contribution < -0.4 is 0 Å². The molecule has 0 amide bonds. The van der Waals surface area contributed by atoms with Gasteiger partial charge in [0.1, 0.15) is 6.29 Å². The summed E-state index contributed by atoms with van der Waals surface area (Å²) in [6.07, 6.45) is 1.93. The van der Waals surface area contributed by atoms with Gasteiger partial charge in [-0.25, -0.2) is 0 Å². The zero-order valence-electron chi connectivity index (χ0n) is 8.81. The van der Waals surface area contributed by atoms with E-state index >= 15 is 0 Å². The molecule has 2 nitrogen and oxygen atoms in total. The predicted molar refractivity (Wildman–Crippen MR) is 63.3 cm³/mol. The maximum atomic E-state index is 11.0. The number of carbonyl (C=O) groups is 1. The number of aryl methyl sites for hydroxylation is 1. The molecule has 0 fully saturated rings. The predicted octanol–water partition coefficient (Wildman–Crippen LogP) is 3.11. The second-order valence-electron chi connectivity index (χ2n) is 3.63. The molecule has 0 aliphatic heterocycles. The summed E-state index contributed by atoms with van der Waals surface area (Å²) in [4.78, 5) is 11.0. The van der Waals surface area contributed by atoms with Crippen LogP contribution in [0.3, 0.4) is 0 Å². The Morgan fingerprint density at radius 1 is 1.19 bits per heavy atom. The Balaban J connectivity index is 2.64. The van der Waals surface area contributed by atoms with Gasteiger partial charge in [0.05, 0.1) is 6.07 Å². The Morgan fingerprint density at radius 3 is 2.75 bits per heavy atom. The molecule has 2 aromatic carbocycles. The van der Waals surface area contributed by atoms with Gasteiger partial charge in [-0.1, -0.05) is 36.4 Å². The van der Waals surface area contributed by atoms with Gasteiger partial charge in [-0.2, -0.15) is 5.26 Å². The van der Waals surface area contributed by atoms with E-state index in [1.165, 1.54) is 0 Å². The highest BCUT2D eigenvalue weighted by Crippen LogP contribution is 2.22. The van der Waals surface area contributed by atoms with Crippen LogP contribution in [-0.2, 0) is 6.42 Å². The summed E-state index contributed by atoms with van der Waals surface area (Å²) in [5, 5.41) is 10.8. The average Bonchev–Trinajstić information content (AvgIpc) is 2.35. The smallest absolute Gasteiger partial charge is 0.150 e. The molecule has 0 radical (unpaired) electrons.